The highest BCUT2D eigenvalue weighted by Crippen LogP contribution is 2.30. The molecule has 3 rings (SSSR count). The van der Waals surface area contributed by atoms with Crippen molar-refractivity contribution >= 4 is 17.9 Å². The molecule has 1 aliphatic carbocycles. The molecule has 41 heavy (non-hydrogen) atoms. The number of amides is 3. The van der Waals surface area contributed by atoms with Crippen LogP contribution < -0.4 is 5.32 Å². The van der Waals surface area contributed by atoms with Crippen LogP contribution in [0, 0.1) is 6.92 Å². The van der Waals surface area contributed by atoms with E-state index >= 15 is 0 Å². The molecule has 1 saturated heterocycles. The minimum absolute atomic E-state index is 0.105. The van der Waals surface area contributed by atoms with Gasteiger partial charge in [-0.1, -0.05) is 61.8 Å². The first-order valence-electron chi connectivity index (χ1n) is 15.0. The molecule has 0 spiro atoms. The number of rotatable bonds is 10. The second-order valence-electron chi connectivity index (χ2n) is 11.5. The van der Waals surface area contributed by atoms with Crippen molar-refractivity contribution in [2.75, 3.05) is 32.7 Å². The van der Waals surface area contributed by atoms with Crippen molar-refractivity contribution in [3.05, 3.63) is 71.5 Å². The van der Waals surface area contributed by atoms with Crippen LogP contribution in [0.1, 0.15) is 77.0 Å². The van der Waals surface area contributed by atoms with Gasteiger partial charge in [-0.25, -0.2) is 4.79 Å². The molecule has 0 radical (unpaired) electrons. The predicted octanol–water partition coefficient (Wildman–Crippen LogP) is 5.51. The number of piperazine rings is 1. The van der Waals surface area contributed by atoms with E-state index in [1.807, 2.05) is 82.0 Å². The standard InChI is InChI=1S/C33H48N4O4/c1-7-13-28(22-24(2)3)37(30(38)23-35-18-20-36(21-19-35)33(40)41-25(4)5)31(29-17-12-11-14-26(29)6)32(39)34-27-15-9-8-10-16-27/h7,11-14,17,22,25,27,31H,2,8-10,15-16,18-21,23H2,1,3-6H3,(H,34,39). The zero-order valence-corrected chi connectivity index (χ0v) is 25.5. The molecule has 8 heteroatoms. The molecule has 1 heterocycles. The maximum Gasteiger partial charge on any atom is 0.410 e. The molecule has 2 fully saturated rings. The van der Waals surface area contributed by atoms with E-state index in [0.29, 0.717) is 31.9 Å². The van der Waals surface area contributed by atoms with Crippen molar-refractivity contribution in [2.24, 2.45) is 0 Å². The Kier molecular flexibility index (Phi) is 12.2. The first-order valence-corrected chi connectivity index (χ1v) is 15.0. The Hall–Kier alpha value is -3.39. The maximum atomic E-state index is 14.3. The van der Waals surface area contributed by atoms with Gasteiger partial charge in [0, 0.05) is 37.9 Å². The summed E-state index contributed by atoms with van der Waals surface area (Å²) in [6, 6.07) is 7.05. The van der Waals surface area contributed by atoms with Gasteiger partial charge in [0.2, 0.25) is 11.8 Å². The zero-order chi connectivity index (χ0) is 29.9. The number of carbonyl (C=O) groups excluding carboxylic acids is 3. The van der Waals surface area contributed by atoms with Crippen molar-refractivity contribution in [3.63, 3.8) is 0 Å². The van der Waals surface area contributed by atoms with Crippen molar-refractivity contribution in [3.8, 4) is 0 Å². The Balaban J connectivity index is 1.94. The Morgan fingerprint density at radius 2 is 1.76 bits per heavy atom. The fourth-order valence-electron chi connectivity index (χ4n) is 5.51. The first kappa shape index (κ1) is 32.1. The third-order valence-corrected chi connectivity index (χ3v) is 7.55. The number of benzene rings is 1. The number of carbonyl (C=O) groups is 3. The largest absolute Gasteiger partial charge is 0.447 e. The van der Waals surface area contributed by atoms with Gasteiger partial charge >= 0.3 is 6.09 Å². The van der Waals surface area contributed by atoms with E-state index in [1.165, 1.54) is 6.42 Å². The number of nitrogens with one attached hydrogen (secondary N) is 1. The Bertz CT molecular complexity index is 1130. The van der Waals surface area contributed by atoms with Gasteiger partial charge in [-0.05, 0) is 70.7 Å². The van der Waals surface area contributed by atoms with E-state index in [0.717, 1.165) is 42.4 Å². The van der Waals surface area contributed by atoms with Crippen LogP contribution in [0.15, 0.2) is 60.3 Å². The van der Waals surface area contributed by atoms with E-state index < -0.39 is 6.04 Å². The Morgan fingerprint density at radius 1 is 1.10 bits per heavy atom. The normalized spacial score (nSPS) is 17.9. The summed E-state index contributed by atoms with van der Waals surface area (Å²) in [5, 5.41) is 3.29. The Labute approximate surface area is 246 Å². The fraction of sp³-hybridized carbons (Fsp3) is 0.545. The number of hydrogen-bond donors (Lipinski definition) is 1. The summed E-state index contributed by atoms with van der Waals surface area (Å²) >= 11 is 0. The van der Waals surface area contributed by atoms with Crippen LogP contribution in [0.5, 0.6) is 0 Å². The van der Waals surface area contributed by atoms with Crippen molar-refractivity contribution in [2.45, 2.75) is 84.9 Å². The highest BCUT2D eigenvalue weighted by atomic mass is 16.6. The average Bonchev–Trinajstić information content (AvgIpc) is 2.92. The summed E-state index contributed by atoms with van der Waals surface area (Å²) in [5.41, 5.74) is 3.15. The van der Waals surface area contributed by atoms with Crippen LogP contribution in [0.2, 0.25) is 0 Å². The minimum atomic E-state index is -0.838. The number of aryl methyl sites for hydroxylation is 1. The molecular formula is C33H48N4O4. The molecular weight excluding hydrogens is 516 g/mol. The van der Waals surface area contributed by atoms with Crippen LogP contribution in [-0.4, -0.2) is 77.5 Å². The number of ether oxygens (including phenoxy) is 1. The lowest BCUT2D eigenvalue weighted by molar-refractivity contribution is -0.139. The molecule has 1 atom stereocenters. The lowest BCUT2D eigenvalue weighted by atomic mass is 9.93. The zero-order valence-electron chi connectivity index (χ0n) is 25.5. The molecule has 1 aromatic rings. The Morgan fingerprint density at radius 3 is 2.34 bits per heavy atom. The third kappa shape index (κ3) is 9.32. The van der Waals surface area contributed by atoms with E-state index in [-0.39, 0.29) is 36.6 Å². The summed E-state index contributed by atoms with van der Waals surface area (Å²) < 4.78 is 5.35. The lowest BCUT2D eigenvalue weighted by Crippen LogP contribution is -2.53. The summed E-state index contributed by atoms with van der Waals surface area (Å²) in [5.74, 6) is -0.348. The monoisotopic (exact) mass is 564 g/mol. The van der Waals surface area contributed by atoms with Gasteiger partial charge < -0.3 is 15.0 Å². The lowest BCUT2D eigenvalue weighted by Gasteiger charge is -2.38. The molecule has 0 aromatic heterocycles. The molecule has 8 nitrogen and oxygen atoms in total. The maximum absolute atomic E-state index is 14.3. The van der Waals surface area contributed by atoms with E-state index in [1.54, 1.807) is 9.80 Å². The summed E-state index contributed by atoms with van der Waals surface area (Å²) in [6.07, 6.45) is 10.4. The minimum Gasteiger partial charge on any atom is -0.447 e. The van der Waals surface area contributed by atoms with Crippen LogP contribution in [-0.2, 0) is 14.3 Å². The van der Waals surface area contributed by atoms with Crippen LogP contribution in [0.3, 0.4) is 0 Å². The quantitative estimate of drug-likeness (QED) is 0.379. The predicted molar refractivity (Wildman–Crippen MR) is 163 cm³/mol. The van der Waals surface area contributed by atoms with Crippen LogP contribution in [0.4, 0.5) is 4.79 Å². The van der Waals surface area contributed by atoms with Crippen LogP contribution in [0.25, 0.3) is 0 Å². The van der Waals surface area contributed by atoms with Crippen molar-refractivity contribution in [1.82, 2.24) is 20.0 Å². The number of hydrogen-bond acceptors (Lipinski definition) is 5. The molecule has 1 unspecified atom stereocenters. The second kappa shape index (κ2) is 15.6. The SMILES string of the molecule is C=C(C)C=C(C=CC)N(C(=O)CN1CCN(C(=O)OC(C)C)CC1)C(C(=O)NC1CCCCC1)c1ccccc1C. The molecule has 1 N–H and O–H groups in total. The van der Waals surface area contributed by atoms with Gasteiger partial charge in [0.15, 0.2) is 0 Å². The highest BCUT2D eigenvalue weighted by Gasteiger charge is 2.36. The molecule has 1 aromatic carbocycles. The molecule has 224 valence electrons. The third-order valence-electron chi connectivity index (χ3n) is 7.55. The van der Waals surface area contributed by atoms with Crippen molar-refractivity contribution < 1.29 is 19.1 Å². The summed E-state index contributed by atoms with van der Waals surface area (Å²) in [7, 11) is 0. The van der Waals surface area contributed by atoms with E-state index in [9.17, 15) is 14.4 Å². The molecule has 3 amide bonds. The van der Waals surface area contributed by atoms with Gasteiger partial charge in [0.1, 0.15) is 6.04 Å². The topological polar surface area (TPSA) is 82.2 Å². The van der Waals surface area contributed by atoms with Gasteiger partial charge in [0.25, 0.3) is 0 Å². The first-order chi connectivity index (χ1) is 19.6. The van der Waals surface area contributed by atoms with E-state index in [2.05, 4.69) is 11.9 Å². The molecule has 1 aliphatic heterocycles. The average molecular weight is 565 g/mol. The van der Waals surface area contributed by atoms with Gasteiger partial charge in [0.05, 0.1) is 12.6 Å². The van der Waals surface area contributed by atoms with Gasteiger partial charge in [-0.2, -0.15) is 0 Å². The van der Waals surface area contributed by atoms with Crippen molar-refractivity contribution in [1.29, 1.82) is 0 Å². The number of nitrogens with zero attached hydrogens (tertiary/aromatic N) is 3. The highest BCUT2D eigenvalue weighted by molar-refractivity contribution is 5.91. The van der Waals surface area contributed by atoms with E-state index in [4.69, 9.17) is 4.74 Å². The summed E-state index contributed by atoms with van der Waals surface area (Å²) in [6.45, 7) is 15.6. The second-order valence-corrected chi connectivity index (χ2v) is 11.5. The molecule has 0 bridgehead atoms. The van der Waals surface area contributed by atoms with Gasteiger partial charge in [-0.3, -0.25) is 19.4 Å². The van der Waals surface area contributed by atoms with Crippen LogP contribution >= 0.6 is 0 Å². The smallest absolute Gasteiger partial charge is 0.410 e. The van der Waals surface area contributed by atoms with Gasteiger partial charge in [-0.15, -0.1) is 0 Å². The fourth-order valence-corrected chi connectivity index (χ4v) is 5.51. The number of allylic oxidation sites excluding steroid dienone is 4. The molecule has 1 saturated carbocycles. The molecule has 2 aliphatic rings. The summed E-state index contributed by atoms with van der Waals surface area (Å²) in [4.78, 5) is 46.2.